The molecule has 2 saturated heterocycles. The predicted molar refractivity (Wildman–Crippen MR) is 199 cm³/mol. The first kappa shape index (κ1) is 31.4. The maximum Gasteiger partial charge on any atom is 0.327 e. The smallest absolute Gasteiger partial charge is 0.327 e. The molecule has 0 atom stereocenters. The largest absolute Gasteiger partial charge is 0.368 e. The van der Waals surface area contributed by atoms with Crippen LogP contribution in [-0.4, -0.2) is 59.2 Å². The standard InChI is InChI=1S/C22H20ClN5O.C16H16ClN3/c23-16-4-1-3-15(13-16)19-6-7-20-21(26-19)28(18-8-11-27(20)12-9-18)22(29)25-17-5-2-10-24-14-17;17-12-3-1-2-11(10-12)14-4-5-15-16(19-14)18-13-6-8-20(15)9-7-13/h1-7,10,13-14,18H,8-9,11-12H2,(H,25,29);1-5,10,13H,6-9H2,(H,18,19). The van der Waals surface area contributed by atoms with Crippen molar-refractivity contribution in [3.8, 4) is 22.5 Å². The highest BCUT2D eigenvalue weighted by molar-refractivity contribution is 6.31. The quantitative estimate of drug-likeness (QED) is 0.196. The van der Waals surface area contributed by atoms with Crippen molar-refractivity contribution in [2.24, 2.45) is 0 Å². The zero-order chi connectivity index (χ0) is 33.3. The summed E-state index contributed by atoms with van der Waals surface area (Å²) in [5.41, 5.74) is 6.67. The number of rotatable bonds is 3. The lowest BCUT2D eigenvalue weighted by atomic mass is 10.1. The van der Waals surface area contributed by atoms with Gasteiger partial charge in [0.25, 0.3) is 0 Å². The van der Waals surface area contributed by atoms with Crippen molar-refractivity contribution >= 4 is 57.9 Å². The van der Waals surface area contributed by atoms with E-state index in [1.54, 1.807) is 18.5 Å². The van der Waals surface area contributed by atoms with Gasteiger partial charge in [-0.25, -0.2) is 14.8 Å². The number of amides is 2. The lowest BCUT2D eigenvalue weighted by molar-refractivity contribution is 0.253. The molecular formula is C38H36Cl2N8O. The highest BCUT2D eigenvalue weighted by Crippen LogP contribution is 2.40. The number of carbonyl (C=O) groups is 1. The molecule has 0 aliphatic carbocycles. The molecule has 248 valence electrons. The number of anilines is 5. The summed E-state index contributed by atoms with van der Waals surface area (Å²) in [7, 11) is 0. The maximum absolute atomic E-state index is 13.3. The second kappa shape index (κ2) is 13.6. The Bertz CT molecular complexity index is 1980. The summed E-state index contributed by atoms with van der Waals surface area (Å²) in [4.78, 5) is 33.7. The van der Waals surface area contributed by atoms with Crippen LogP contribution < -0.4 is 25.3 Å². The van der Waals surface area contributed by atoms with Crippen LogP contribution in [0, 0.1) is 0 Å². The second-order valence-corrected chi connectivity index (χ2v) is 13.7. The van der Waals surface area contributed by atoms with E-state index in [9.17, 15) is 4.79 Å². The maximum atomic E-state index is 13.3. The highest BCUT2D eigenvalue weighted by atomic mass is 35.5. The molecule has 49 heavy (non-hydrogen) atoms. The van der Waals surface area contributed by atoms with Gasteiger partial charge in [0.15, 0.2) is 11.6 Å². The second-order valence-electron chi connectivity index (χ2n) is 12.8. The number of aromatic nitrogens is 3. The van der Waals surface area contributed by atoms with Crippen molar-refractivity contribution < 1.29 is 4.79 Å². The zero-order valence-electron chi connectivity index (χ0n) is 26.9. The third-order valence-corrected chi connectivity index (χ3v) is 10.1. The molecule has 6 aliphatic rings. The average Bonchev–Trinajstić information content (AvgIpc) is 3.55. The number of hydrogen-bond acceptors (Lipinski definition) is 7. The number of urea groups is 1. The molecule has 6 aliphatic heterocycles. The van der Waals surface area contributed by atoms with Crippen molar-refractivity contribution in [2.45, 2.75) is 37.8 Å². The number of nitrogens with one attached hydrogen (secondary N) is 2. The SMILES string of the molecule is Clc1cccc(-c2ccc3c(n2)NC2CCN3CC2)c1.O=C(Nc1cccnc1)N1c2nc(-c3cccc(Cl)c3)ccc2N2CCC1CC2. The van der Waals surface area contributed by atoms with E-state index >= 15 is 0 Å². The van der Waals surface area contributed by atoms with E-state index in [1.807, 2.05) is 65.6 Å². The topological polar surface area (TPSA) is 89.5 Å². The van der Waals surface area contributed by atoms with Crippen LogP contribution in [0.3, 0.4) is 0 Å². The average molecular weight is 692 g/mol. The summed E-state index contributed by atoms with van der Waals surface area (Å²) in [6, 6.07) is 28.0. The third kappa shape index (κ3) is 6.60. The van der Waals surface area contributed by atoms with Crippen LogP contribution in [0.5, 0.6) is 0 Å². The first-order valence-electron chi connectivity index (χ1n) is 16.8. The fourth-order valence-corrected chi connectivity index (χ4v) is 7.55. The van der Waals surface area contributed by atoms with Crippen molar-refractivity contribution in [2.75, 3.05) is 51.5 Å². The van der Waals surface area contributed by atoms with Crippen molar-refractivity contribution in [1.29, 1.82) is 0 Å². The summed E-state index contributed by atoms with van der Waals surface area (Å²) >= 11 is 12.2. The Kier molecular flexibility index (Phi) is 8.70. The molecule has 0 unspecified atom stereocenters. The summed E-state index contributed by atoms with van der Waals surface area (Å²) in [5, 5.41) is 7.97. The summed E-state index contributed by atoms with van der Waals surface area (Å²) in [6.45, 7) is 4.10. The molecule has 11 rings (SSSR count). The van der Waals surface area contributed by atoms with Crippen LogP contribution in [0.15, 0.2) is 97.3 Å². The minimum atomic E-state index is -0.177. The van der Waals surface area contributed by atoms with E-state index in [2.05, 4.69) is 43.6 Å². The normalized spacial score (nSPS) is 16.5. The van der Waals surface area contributed by atoms with Gasteiger partial charge in [0, 0.05) is 65.6 Å². The van der Waals surface area contributed by atoms with Crippen LogP contribution in [-0.2, 0) is 0 Å². The van der Waals surface area contributed by atoms with Gasteiger partial charge in [0.05, 0.1) is 34.6 Å². The molecule has 4 bridgehead atoms. The fourth-order valence-electron chi connectivity index (χ4n) is 7.17. The van der Waals surface area contributed by atoms with Gasteiger partial charge in [-0.2, -0.15) is 0 Å². The molecule has 11 heteroatoms. The molecule has 5 aromatic rings. The van der Waals surface area contributed by atoms with Crippen LogP contribution in [0.1, 0.15) is 25.7 Å². The van der Waals surface area contributed by atoms with Gasteiger partial charge >= 0.3 is 6.03 Å². The van der Waals surface area contributed by atoms with Crippen molar-refractivity contribution in [3.05, 3.63) is 107 Å². The summed E-state index contributed by atoms with van der Waals surface area (Å²) < 4.78 is 0. The number of nitrogens with zero attached hydrogens (tertiary/aromatic N) is 6. The monoisotopic (exact) mass is 690 g/mol. The van der Waals surface area contributed by atoms with Crippen molar-refractivity contribution in [1.82, 2.24) is 15.0 Å². The molecule has 9 nitrogen and oxygen atoms in total. The first-order chi connectivity index (χ1) is 24.0. The van der Waals surface area contributed by atoms with Crippen molar-refractivity contribution in [3.63, 3.8) is 0 Å². The number of hydrogen-bond donors (Lipinski definition) is 2. The van der Waals surface area contributed by atoms with Crippen LogP contribution in [0.25, 0.3) is 22.5 Å². The highest BCUT2D eigenvalue weighted by Gasteiger charge is 2.37. The molecule has 2 amide bonds. The lowest BCUT2D eigenvalue weighted by Crippen LogP contribution is -2.46. The zero-order valence-corrected chi connectivity index (χ0v) is 28.4. The number of carbonyl (C=O) groups excluding carboxylic acids is 1. The Morgan fingerprint density at radius 1 is 0.735 bits per heavy atom. The van der Waals surface area contributed by atoms with Gasteiger partial charge in [0.1, 0.15) is 0 Å². The van der Waals surface area contributed by atoms with Gasteiger partial charge in [-0.1, -0.05) is 47.5 Å². The van der Waals surface area contributed by atoms with Crippen LogP contribution in [0.4, 0.5) is 33.5 Å². The Morgan fingerprint density at radius 2 is 1.37 bits per heavy atom. The van der Waals surface area contributed by atoms with E-state index in [4.69, 9.17) is 33.2 Å². The van der Waals surface area contributed by atoms with E-state index < -0.39 is 0 Å². The lowest BCUT2D eigenvalue weighted by Gasteiger charge is -2.31. The minimum absolute atomic E-state index is 0.117. The van der Waals surface area contributed by atoms with E-state index in [-0.39, 0.29) is 12.1 Å². The van der Waals surface area contributed by atoms with Gasteiger partial charge in [-0.3, -0.25) is 9.88 Å². The van der Waals surface area contributed by atoms with Gasteiger partial charge < -0.3 is 20.4 Å². The Morgan fingerprint density at radius 3 is 2.02 bits per heavy atom. The Labute approximate surface area is 295 Å². The predicted octanol–water partition coefficient (Wildman–Crippen LogP) is 8.61. The van der Waals surface area contributed by atoms with E-state index in [0.29, 0.717) is 22.6 Å². The minimum Gasteiger partial charge on any atom is -0.368 e. The Hall–Kier alpha value is -4.86. The molecule has 2 fully saturated rings. The molecule has 0 saturated carbocycles. The molecular weight excluding hydrogens is 655 g/mol. The first-order valence-corrected chi connectivity index (χ1v) is 17.5. The van der Waals surface area contributed by atoms with Gasteiger partial charge in [-0.15, -0.1) is 0 Å². The van der Waals surface area contributed by atoms with Crippen LogP contribution in [0.2, 0.25) is 10.0 Å². The molecule has 9 heterocycles. The number of benzene rings is 2. The number of pyridine rings is 3. The van der Waals surface area contributed by atoms with Gasteiger partial charge in [-0.05, 0) is 86.3 Å². The molecule has 0 radical (unpaired) electrons. The number of piperidine rings is 2. The van der Waals surface area contributed by atoms with E-state index in [0.717, 1.165) is 78.1 Å². The fraction of sp³-hybridized carbons (Fsp3) is 0.263. The number of fused-ring (bicyclic) bond motifs is 4. The summed E-state index contributed by atoms with van der Waals surface area (Å²) in [6.07, 6.45) is 7.57. The molecule has 2 N–H and O–H groups in total. The van der Waals surface area contributed by atoms with E-state index in [1.165, 1.54) is 18.5 Å². The summed E-state index contributed by atoms with van der Waals surface area (Å²) in [5.74, 6) is 1.71. The number of halogens is 2. The molecule has 2 aromatic carbocycles. The third-order valence-electron chi connectivity index (χ3n) is 9.68. The van der Waals surface area contributed by atoms with Crippen LogP contribution >= 0.6 is 23.2 Å². The van der Waals surface area contributed by atoms with Gasteiger partial charge in [0.2, 0.25) is 0 Å². The molecule has 3 aromatic heterocycles. The Balaban J connectivity index is 0.000000152. The molecule has 0 spiro atoms.